The van der Waals surface area contributed by atoms with Crippen LogP contribution < -0.4 is 10.1 Å². The fraction of sp³-hybridized carbons (Fsp3) is 0.333. The van der Waals surface area contributed by atoms with E-state index in [1.165, 1.54) is 0 Å². The average molecular weight is 233 g/mol. The zero-order valence-electron chi connectivity index (χ0n) is 10.2. The highest BCUT2D eigenvalue weighted by atomic mass is 16.5. The van der Waals surface area contributed by atoms with Gasteiger partial charge in [-0.25, -0.2) is 4.98 Å². The average Bonchev–Trinajstić information content (AvgIpc) is 2.67. The van der Waals surface area contributed by atoms with Gasteiger partial charge in [-0.3, -0.25) is 0 Å². The van der Waals surface area contributed by atoms with E-state index >= 15 is 0 Å². The van der Waals surface area contributed by atoms with Gasteiger partial charge in [-0.05, 0) is 26.0 Å². The third-order valence-corrected chi connectivity index (χ3v) is 2.60. The van der Waals surface area contributed by atoms with E-state index in [0.29, 0.717) is 6.54 Å². The predicted molar refractivity (Wildman–Crippen MR) is 64.1 cm³/mol. The Morgan fingerprint density at radius 2 is 2.24 bits per heavy atom. The van der Waals surface area contributed by atoms with Crippen molar-refractivity contribution in [1.82, 2.24) is 10.1 Å². The van der Waals surface area contributed by atoms with Gasteiger partial charge in [0.2, 0.25) is 0 Å². The summed E-state index contributed by atoms with van der Waals surface area (Å²) in [4.78, 5) is 4.22. The van der Waals surface area contributed by atoms with Crippen LogP contribution >= 0.6 is 0 Å². The van der Waals surface area contributed by atoms with E-state index in [0.717, 1.165) is 28.6 Å². The lowest BCUT2D eigenvalue weighted by Crippen LogP contribution is -2.04. The number of nitrogens with zero attached hydrogens (tertiary/aromatic N) is 2. The van der Waals surface area contributed by atoms with Crippen molar-refractivity contribution < 1.29 is 9.26 Å². The zero-order valence-corrected chi connectivity index (χ0v) is 10.2. The Hall–Kier alpha value is -2.04. The third kappa shape index (κ3) is 2.38. The molecule has 2 heterocycles. The van der Waals surface area contributed by atoms with Crippen molar-refractivity contribution in [3.05, 3.63) is 35.3 Å². The number of pyridine rings is 1. The molecule has 1 N–H and O–H groups in total. The van der Waals surface area contributed by atoms with Gasteiger partial charge >= 0.3 is 0 Å². The molecular formula is C12H15N3O2. The molecule has 17 heavy (non-hydrogen) atoms. The quantitative estimate of drug-likeness (QED) is 0.878. The van der Waals surface area contributed by atoms with Gasteiger partial charge in [0.25, 0.3) is 0 Å². The van der Waals surface area contributed by atoms with Crippen LogP contribution in [0.5, 0.6) is 5.75 Å². The number of methoxy groups -OCH3 is 1. The number of nitrogens with one attached hydrogen (secondary N) is 1. The first-order valence-electron chi connectivity index (χ1n) is 5.37. The first-order chi connectivity index (χ1) is 8.22. The van der Waals surface area contributed by atoms with E-state index in [-0.39, 0.29) is 0 Å². The SMILES string of the molecule is COc1cccnc1NCc1c(C)noc1C. The number of anilines is 1. The molecule has 0 fully saturated rings. The van der Waals surface area contributed by atoms with Gasteiger partial charge < -0.3 is 14.6 Å². The van der Waals surface area contributed by atoms with Crippen molar-refractivity contribution in [2.45, 2.75) is 20.4 Å². The largest absolute Gasteiger partial charge is 0.493 e. The van der Waals surface area contributed by atoms with Gasteiger partial charge in [-0.15, -0.1) is 0 Å². The van der Waals surface area contributed by atoms with E-state index in [1.807, 2.05) is 26.0 Å². The summed E-state index contributed by atoms with van der Waals surface area (Å²) >= 11 is 0. The Morgan fingerprint density at radius 1 is 1.41 bits per heavy atom. The van der Waals surface area contributed by atoms with E-state index in [9.17, 15) is 0 Å². The molecule has 0 bridgehead atoms. The van der Waals surface area contributed by atoms with Crippen molar-refractivity contribution in [2.24, 2.45) is 0 Å². The highest BCUT2D eigenvalue weighted by Crippen LogP contribution is 2.21. The van der Waals surface area contributed by atoms with Crippen molar-refractivity contribution in [3.63, 3.8) is 0 Å². The Bertz CT molecular complexity index is 489. The number of rotatable bonds is 4. The number of aryl methyl sites for hydroxylation is 2. The second-order valence-electron chi connectivity index (χ2n) is 3.71. The maximum absolute atomic E-state index is 5.21. The van der Waals surface area contributed by atoms with Crippen molar-refractivity contribution >= 4 is 5.82 Å². The van der Waals surface area contributed by atoms with Crippen LogP contribution in [0.15, 0.2) is 22.9 Å². The Morgan fingerprint density at radius 3 is 2.88 bits per heavy atom. The molecule has 0 aromatic carbocycles. The van der Waals surface area contributed by atoms with E-state index in [1.54, 1.807) is 13.3 Å². The van der Waals surface area contributed by atoms with Crippen LogP contribution in [-0.2, 0) is 6.54 Å². The topological polar surface area (TPSA) is 60.2 Å². The fourth-order valence-electron chi connectivity index (χ4n) is 1.61. The molecule has 0 spiro atoms. The Labute approximate surface area is 99.8 Å². The van der Waals surface area contributed by atoms with Gasteiger partial charge in [-0.2, -0.15) is 0 Å². The van der Waals surface area contributed by atoms with Crippen LogP contribution in [0.2, 0.25) is 0 Å². The maximum Gasteiger partial charge on any atom is 0.169 e. The highest BCUT2D eigenvalue weighted by Gasteiger charge is 2.10. The standard InChI is InChI=1S/C12H15N3O2/c1-8-10(9(2)17-15-8)7-14-12-11(16-3)5-4-6-13-12/h4-6H,7H2,1-3H3,(H,13,14). The molecule has 0 aliphatic heterocycles. The summed E-state index contributed by atoms with van der Waals surface area (Å²) in [6.45, 7) is 4.43. The molecule has 0 aliphatic carbocycles. The fourth-order valence-corrected chi connectivity index (χ4v) is 1.61. The van der Waals surface area contributed by atoms with Crippen LogP contribution in [0.1, 0.15) is 17.0 Å². The number of hydrogen-bond donors (Lipinski definition) is 1. The van der Waals surface area contributed by atoms with Crippen LogP contribution in [-0.4, -0.2) is 17.3 Å². The van der Waals surface area contributed by atoms with Gasteiger partial charge in [-0.1, -0.05) is 5.16 Å². The Balaban J connectivity index is 2.12. The summed E-state index contributed by atoms with van der Waals surface area (Å²) in [6, 6.07) is 3.70. The molecule has 0 atom stereocenters. The molecule has 90 valence electrons. The smallest absolute Gasteiger partial charge is 0.169 e. The summed E-state index contributed by atoms with van der Waals surface area (Å²) in [6.07, 6.45) is 1.72. The van der Waals surface area contributed by atoms with E-state index in [4.69, 9.17) is 9.26 Å². The molecule has 2 aromatic heterocycles. The molecule has 0 amide bonds. The lowest BCUT2D eigenvalue weighted by molar-refractivity contribution is 0.392. The highest BCUT2D eigenvalue weighted by molar-refractivity contribution is 5.49. The molecule has 5 nitrogen and oxygen atoms in total. The molecule has 0 aliphatic rings. The number of hydrogen-bond acceptors (Lipinski definition) is 5. The van der Waals surface area contributed by atoms with Crippen LogP contribution in [0, 0.1) is 13.8 Å². The van der Waals surface area contributed by atoms with Crippen molar-refractivity contribution in [2.75, 3.05) is 12.4 Å². The molecule has 0 radical (unpaired) electrons. The molecule has 5 heteroatoms. The van der Waals surface area contributed by atoms with Crippen molar-refractivity contribution in [3.8, 4) is 5.75 Å². The van der Waals surface area contributed by atoms with Gasteiger partial charge in [0.05, 0.1) is 12.8 Å². The van der Waals surface area contributed by atoms with E-state index in [2.05, 4.69) is 15.5 Å². The summed E-state index contributed by atoms with van der Waals surface area (Å²) in [5, 5.41) is 7.12. The molecule has 0 saturated heterocycles. The molecule has 0 unspecified atom stereocenters. The van der Waals surface area contributed by atoms with Gasteiger partial charge in [0.15, 0.2) is 11.6 Å². The summed E-state index contributed by atoms with van der Waals surface area (Å²) in [7, 11) is 1.62. The zero-order chi connectivity index (χ0) is 12.3. The first kappa shape index (κ1) is 11.4. The van der Waals surface area contributed by atoms with Crippen molar-refractivity contribution in [1.29, 1.82) is 0 Å². The maximum atomic E-state index is 5.21. The first-order valence-corrected chi connectivity index (χ1v) is 5.37. The molecule has 2 rings (SSSR count). The summed E-state index contributed by atoms with van der Waals surface area (Å²) in [5.41, 5.74) is 1.95. The van der Waals surface area contributed by atoms with Gasteiger partial charge in [0, 0.05) is 18.3 Å². The van der Waals surface area contributed by atoms with Crippen LogP contribution in [0.3, 0.4) is 0 Å². The van der Waals surface area contributed by atoms with Crippen LogP contribution in [0.25, 0.3) is 0 Å². The van der Waals surface area contributed by atoms with Crippen LogP contribution in [0.4, 0.5) is 5.82 Å². The second-order valence-corrected chi connectivity index (χ2v) is 3.71. The summed E-state index contributed by atoms with van der Waals surface area (Å²) in [5.74, 6) is 2.26. The second kappa shape index (κ2) is 4.86. The minimum Gasteiger partial charge on any atom is -0.493 e. The summed E-state index contributed by atoms with van der Waals surface area (Å²) < 4.78 is 10.3. The predicted octanol–water partition coefficient (Wildman–Crippen LogP) is 2.31. The lowest BCUT2D eigenvalue weighted by Gasteiger charge is -2.09. The number of ether oxygens (including phenoxy) is 1. The third-order valence-electron chi connectivity index (χ3n) is 2.60. The molecule has 2 aromatic rings. The van der Waals surface area contributed by atoms with Gasteiger partial charge in [0.1, 0.15) is 5.76 Å². The number of aromatic nitrogens is 2. The minimum atomic E-state index is 0.620. The molecular weight excluding hydrogens is 218 g/mol. The monoisotopic (exact) mass is 233 g/mol. The minimum absolute atomic E-state index is 0.620. The molecule has 0 saturated carbocycles. The Kier molecular flexibility index (Phi) is 3.27. The lowest BCUT2D eigenvalue weighted by atomic mass is 10.2. The normalized spacial score (nSPS) is 10.3. The van der Waals surface area contributed by atoms with E-state index < -0.39 is 0 Å².